The lowest BCUT2D eigenvalue weighted by atomic mass is 10.0. The Bertz CT molecular complexity index is 1010. The first-order valence-corrected chi connectivity index (χ1v) is 8.74. The number of nitrogens with one attached hydrogen (secondary N) is 1. The number of carbonyl (C=O) groups is 3. The maximum absolute atomic E-state index is 12.8. The molecule has 0 saturated carbocycles. The average molecular weight is 396 g/mol. The van der Waals surface area contributed by atoms with Gasteiger partial charge < -0.3 is 19.9 Å². The van der Waals surface area contributed by atoms with Gasteiger partial charge >= 0.3 is 0 Å². The summed E-state index contributed by atoms with van der Waals surface area (Å²) in [6.45, 7) is 1.35. The van der Waals surface area contributed by atoms with E-state index in [0.29, 0.717) is 28.3 Å². The van der Waals surface area contributed by atoms with E-state index in [4.69, 9.17) is 9.47 Å². The van der Waals surface area contributed by atoms with E-state index in [9.17, 15) is 19.5 Å². The first-order chi connectivity index (χ1) is 13.8. The van der Waals surface area contributed by atoms with Crippen LogP contribution in [0.5, 0.6) is 11.5 Å². The average Bonchev–Trinajstić information content (AvgIpc) is 2.91. The molecule has 0 spiro atoms. The highest BCUT2D eigenvalue weighted by Gasteiger charge is 2.39. The van der Waals surface area contributed by atoms with Crippen molar-refractivity contribution in [2.24, 2.45) is 0 Å². The molecule has 1 aliphatic heterocycles. The molecule has 0 saturated heterocycles. The van der Waals surface area contributed by atoms with Gasteiger partial charge in [-0.3, -0.25) is 19.3 Å². The quantitative estimate of drug-likeness (QED) is 0.727. The van der Waals surface area contributed by atoms with Crippen LogP contribution in [0.4, 0.5) is 5.69 Å². The van der Waals surface area contributed by atoms with Gasteiger partial charge in [-0.25, -0.2) is 0 Å². The number of methoxy groups -OCH3 is 2. The number of carbonyl (C=O) groups excluding carboxylic acids is 3. The van der Waals surface area contributed by atoms with Crippen LogP contribution in [-0.4, -0.2) is 41.9 Å². The fourth-order valence-electron chi connectivity index (χ4n) is 3.05. The Balaban J connectivity index is 1.84. The zero-order valence-electron chi connectivity index (χ0n) is 16.2. The minimum atomic E-state index is -0.772. The smallest absolute Gasteiger partial charge is 0.296 e. The fourth-order valence-corrected chi connectivity index (χ4v) is 3.05. The van der Waals surface area contributed by atoms with E-state index in [1.807, 2.05) is 0 Å². The number of nitrogens with zero attached hydrogens (tertiary/aromatic N) is 1. The van der Waals surface area contributed by atoms with Gasteiger partial charge in [0, 0.05) is 12.6 Å². The summed E-state index contributed by atoms with van der Waals surface area (Å²) in [7, 11) is 3.00. The molecule has 0 aromatic heterocycles. The summed E-state index contributed by atoms with van der Waals surface area (Å²) in [6, 6.07) is 11.3. The van der Waals surface area contributed by atoms with E-state index in [1.54, 1.807) is 42.5 Å². The van der Waals surface area contributed by atoms with E-state index in [2.05, 4.69) is 5.32 Å². The normalized spacial score (nSPS) is 13.7. The number of aliphatic hydroxyl groups excluding tert-OH is 1. The van der Waals surface area contributed by atoms with Crippen molar-refractivity contribution in [2.45, 2.75) is 13.5 Å². The molecule has 0 unspecified atom stereocenters. The molecule has 1 heterocycles. The van der Waals surface area contributed by atoms with Crippen molar-refractivity contribution >= 4 is 29.0 Å². The van der Waals surface area contributed by atoms with Gasteiger partial charge in [-0.2, -0.15) is 0 Å². The van der Waals surface area contributed by atoms with E-state index in [1.165, 1.54) is 21.1 Å². The molecule has 3 amide bonds. The standard InChI is InChI=1S/C21H20N2O6/c1-12(24)22-15-7-5-14(6-8-15)18-19(25)21(27)23(20(18)26)11-13-4-9-16(28-2)17(10-13)29-3/h4-10,25H,11H2,1-3H3,(H,22,24). The van der Waals surface area contributed by atoms with Crippen molar-refractivity contribution in [1.29, 1.82) is 0 Å². The van der Waals surface area contributed by atoms with E-state index < -0.39 is 17.6 Å². The lowest BCUT2D eigenvalue weighted by molar-refractivity contribution is -0.138. The summed E-state index contributed by atoms with van der Waals surface area (Å²) in [5.41, 5.74) is 1.48. The van der Waals surface area contributed by atoms with E-state index >= 15 is 0 Å². The Morgan fingerprint density at radius 1 is 1.00 bits per heavy atom. The Morgan fingerprint density at radius 3 is 2.24 bits per heavy atom. The molecule has 0 fully saturated rings. The van der Waals surface area contributed by atoms with Crippen molar-refractivity contribution < 1.29 is 29.0 Å². The van der Waals surface area contributed by atoms with Crippen molar-refractivity contribution in [3.63, 3.8) is 0 Å². The summed E-state index contributed by atoms with van der Waals surface area (Å²) in [5, 5.41) is 12.9. The third-order valence-corrected chi connectivity index (χ3v) is 4.43. The number of rotatable bonds is 6. The maximum atomic E-state index is 12.8. The van der Waals surface area contributed by atoms with Crippen LogP contribution in [0.2, 0.25) is 0 Å². The second-order valence-corrected chi connectivity index (χ2v) is 6.37. The highest BCUT2D eigenvalue weighted by Crippen LogP contribution is 2.32. The lowest BCUT2D eigenvalue weighted by Gasteiger charge is -2.16. The molecule has 2 aromatic rings. The third-order valence-electron chi connectivity index (χ3n) is 4.43. The largest absolute Gasteiger partial charge is 0.502 e. The summed E-state index contributed by atoms with van der Waals surface area (Å²) in [4.78, 5) is 37.4. The van der Waals surface area contributed by atoms with E-state index in [0.717, 1.165) is 4.90 Å². The predicted molar refractivity (Wildman–Crippen MR) is 105 cm³/mol. The molecule has 0 bridgehead atoms. The maximum Gasteiger partial charge on any atom is 0.296 e. The van der Waals surface area contributed by atoms with Gasteiger partial charge in [0.1, 0.15) is 0 Å². The van der Waals surface area contributed by atoms with Crippen molar-refractivity contribution in [3.8, 4) is 11.5 Å². The molecule has 8 nitrogen and oxygen atoms in total. The summed E-state index contributed by atoms with van der Waals surface area (Å²) in [6.07, 6.45) is 0. The predicted octanol–water partition coefficient (Wildman–Crippen LogP) is 2.50. The Hall–Kier alpha value is -3.81. The molecule has 150 valence electrons. The van der Waals surface area contributed by atoms with Crippen LogP contribution in [0.3, 0.4) is 0 Å². The molecule has 2 N–H and O–H groups in total. The SMILES string of the molecule is COc1ccc(CN2C(=O)C(O)=C(c3ccc(NC(C)=O)cc3)C2=O)cc1OC. The Kier molecular flexibility index (Phi) is 5.54. The number of anilines is 1. The van der Waals surface area contributed by atoms with Gasteiger partial charge in [-0.1, -0.05) is 18.2 Å². The number of hydrogen-bond donors (Lipinski definition) is 2. The van der Waals surface area contributed by atoms with Crippen molar-refractivity contribution in [3.05, 3.63) is 59.4 Å². The Labute approximate surface area is 167 Å². The van der Waals surface area contributed by atoms with Gasteiger partial charge in [0.2, 0.25) is 5.91 Å². The number of amides is 3. The van der Waals surface area contributed by atoms with Crippen LogP contribution in [0.25, 0.3) is 5.57 Å². The molecule has 8 heteroatoms. The Morgan fingerprint density at radius 2 is 1.66 bits per heavy atom. The monoisotopic (exact) mass is 396 g/mol. The molecule has 2 aromatic carbocycles. The molecular weight excluding hydrogens is 376 g/mol. The van der Waals surface area contributed by atoms with Crippen LogP contribution in [0.1, 0.15) is 18.1 Å². The van der Waals surface area contributed by atoms with Gasteiger partial charge in [0.25, 0.3) is 11.8 Å². The van der Waals surface area contributed by atoms with E-state index in [-0.39, 0.29) is 18.0 Å². The highest BCUT2D eigenvalue weighted by molar-refractivity contribution is 6.34. The van der Waals surface area contributed by atoms with Crippen LogP contribution in [0, 0.1) is 0 Å². The first-order valence-electron chi connectivity index (χ1n) is 8.74. The zero-order chi connectivity index (χ0) is 21.1. The summed E-state index contributed by atoms with van der Waals surface area (Å²) >= 11 is 0. The number of imide groups is 1. The molecule has 3 rings (SSSR count). The number of hydrogen-bond acceptors (Lipinski definition) is 6. The van der Waals surface area contributed by atoms with Crippen LogP contribution < -0.4 is 14.8 Å². The van der Waals surface area contributed by atoms with Crippen LogP contribution in [0.15, 0.2) is 48.2 Å². The van der Waals surface area contributed by atoms with Gasteiger partial charge in [0.05, 0.1) is 26.3 Å². The number of ether oxygens (including phenoxy) is 2. The number of aliphatic hydroxyl groups is 1. The second kappa shape index (κ2) is 8.05. The molecule has 1 aliphatic rings. The summed E-state index contributed by atoms with van der Waals surface area (Å²) < 4.78 is 10.4. The van der Waals surface area contributed by atoms with Crippen molar-refractivity contribution in [1.82, 2.24) is 4.90 Å². The molecule has 0 atom stereocenters. The zero-order valence-corrected chi connectivity index (χ0v) is 16.2. The minimum absolute atomic E-state index is 0.0322. The third kappa shape index (κ3) is 3.91. The van der Waals surface area contributed by atoms with Gasteiger partial charge in [-0.05, 0) is 35.4 Å². The van der Waals surface area contributed by atoms with Crippen LogP contribution >= 0.6 is 0 Å². The summed E-state index contributed by atoms with van der Waals surface area (Å²) in [5.74, 6) is -1.22. The van der Waals surface area contributed by atoms with Gasteiger partial charge in [-0.15, -0.1) is 0 Å². The topological polar surface area (TPSA) is 105 Å². The fraction of sp³-hybridized carbons (Fsp3) is 0.190. The number of benzene rings is 2. The second-order valence-electron chi connectivity index (χ2n) is 6.37. The lowest BCUT2D eigenvalue weighted by Crippen LogP contribution is -2.31. The highest BCUT2D eigenvalue weighted by atomic mass is 16.5. The van der Waals surface area contributed by atoms with Crippen LogP contribution in [-0.2, 0) is 20.9 Å². The minimum Gasteiger partial charge on any atom is -0.502 e. The molecule has 0 radical (unpaired) electrons. The molecule has 0 aliphatic carbocycles. The molecular formula is C21H20N2O6. The van der Waals surface area contributed by atoms with Crippen molar-refractivity contribution in [2.75, 3.05) is 19.5 Å². The van der Waals surface area contributed by atoms with Gasteiger partial charge in [0.15, 0.2) is 17.3 Å². The molecule has 29 heavy (non-hydrogen) atoms. The first kappa shape index (κ1) is 19.9.